The average Bonchev–Trinajstić information content (AvgIpc) is 2.74. The Morgan fingerprint density at radius 3 is 2.00 bits per heavy atom. The fourth-order valence-electron chi connectivity index (χ4n) is 3.28. The van der Waals surface area contributed by atoms with Crippen molar-refractivity contribution in [1.82, 2.24) is 5.32 Å². The molecule has 3 aromatic carbocycles. The molecule has 0 aliphatic carbocycles. The van der Waals surface area contributed by atoms with Crippen LogP contribution in [-0.2, 0) is 20.7 Å². The van der Waals surface area contributed by atoms with Crippen molar-refractivity contribution in [3.05, 3.63) is 107 Å². The second-order valence-electron chi connectivity index (χ2n) is 6.67. The first-order chi connectivity index (χ1) is 14.1. The van der Waals surface area contributed by atoms with Gasteiger partial charge in [-0.25, -0.2) is 9.18 Å². The van der Waals surface area contributed by atoms with E-state index in [9.17, 15) is 14.0 Å². The number of methoxy groups -OCH3 is 1. The van der Waals surface area contributed by atoms with E-state index in [2.05, 4.69) is 5.32 Å². The summed E-state index contributed by atoms with van der Waals surface area (Å²) in [5.74, 6) is -1.89. The second kappa shape index (κ2) is 9.64. The third kappa shape index (κ3) is 5.29. The van der Waals surface area contributed by atoms with Gasteiger partial charge >= 0.3 is 5.97 Å². The lowest BCUT2D eigenvalue weighted by Crippen LogP contribution is -2.45. The number of carbonyl (C=O) groups excluding carboxylic acids is 2. The van der Waals surface area contributed by atoms with Crippen LogP contribution >= 0.6 is 0 Å². The molecule has 0 saturated carbocycles. The molecule has 1 atom stereocenters. The van der Waals surface area contributed by atoms with Crippen molar-refractivity contribution in [2.24, 2.45) is 0 Å². The van der Waals surface area contributed by atoms with E-state index in [1.54, 1.807) is 12.1 Å². The topological polar surface area (TPSA) is 55.4 Å². The number of hydrogen-bond donors (Lipinski definition) is 1. The minimum atomic E-state index is -0.927. The highest BCUT2D eigenvalue weighted by atomic mass is 19.1. The van der Waals surface area contributed by atoms with Crippen LogP contribution in [0.5, 0.6) is 0 Å². The first kappa shape index (κ1) is 20.3. The Bertz CT molecular complexity index is 921. The molecule has 3 aromatic rings. The summed E-state index contributed by atoms with van der Waals surface area (Å²) in [5, 5.41) is 2.80. The number of hydrogen-bond acceptors (Lipinski definition) is 3. The molecule has 0 aromatic heterocycles. The summed E-state index contributed by atoms with van der Waals surface area (Å²) in [6.45, 7) is 0. The summed E-state index contributed by atoms with van der Waals surface area (Å²) in [5.41, 5.74) is 2.22. The normalized spacial score (nSPS) is 11.7. The molecule has 0 heterocycles. The third-order valence-electron chi connectivity index (χ3n) is 4.66. The fourth-order valence-corrected chi connectivity index (χ4v) is 3.28. The molecule has 4 nitrogen and oxygen atoms in total. The summed E-state index contributed by atoms with van der Waals surface area (Å²) >= 11 is 0. The lowest BCUT2D eigenvalue weighted by atomic mass is 9.90. The van der Waals surface area contributed by atoms with Crippen molar-refractivity contribution >= 4 is 11.9 Å². The number of rotatable bonds is 7. The smallest absolute Gasteiger partial charge is 0.328 e. The van der Waals surface area contributed by atoms with Gasteiger partial charge < -0.3 is 10.1 Å². The van der Waals surface area contributed by atoms with Gasteiger partial charge in [0.25, 0.3) is 0 Å². The van der Waals surface area contributed by atoms with Gasteiger partial charge in [-0.3, -0.25) is 4.79 Å². The van der Waals surface area contributed by atoms with Gasteiger partial charge in [0.15, 0.2) is 0 Å². The molecule has 0 spiro atoms. The van der Waals surface area contributed by atoms with E-state index in [1.807, 2.05) is 60.7 Å². The molecule has 1 amide bonds. The van der Waals surface area contributed by atoms with Gasteiger partial charge in [-0.1, -0.05) is 72.8 Å². The van der Waals surface area contributed by atoms with Crippen LogP contribution in [0.15, 0.2) is 84.9 Å². The first-order valence-corrected chi connectivity index (χ1v) is 9.31. The van der Waals surface area contributed by atoms with Crippen LogP contribution in [0.3, 0.4) is 0 Å². The Morgan fingerprint density at radius 1 is 0.897 bits per heavy atom. The number of amides is 1. The fraction of sp³-hybridized carbons (Fsp3) is 0.167. The number of benzene rings is 3. The Labute approximate surface area is 169 Å². The summed E-state index contributed by atoms with van der Waals surface area (Å²) in [7, 11) is 1.26. The molecule has 1 N–H and O–H groups in total. The maximum Gasteiger partial charge on any atom is 0.328 e. The SMILES string of the molecule is COC(=O)[C@H](Cc1cccc(F)c1)NC(=O)C(c1ccccc1)c1ccccc1. The molecule has 0 saturated heterocycles. The number of halogens is 1. The molecule has 0 unspecified atom stereocenters. The predicted molar refractivity (Wildman–Crippen MR) is 109 cm³/mol. The second-order valence-corrected chi connectivity index (χ2v) is 6.67. The van der Waals surface area contributed by atoms with E-state index in [4.69, 9.17) is 4.74 Å². The van der Waals surface area contributed by atoms with Crippen LogP contribution < -0.4 is 5.32 Å². The van der Waals surface area contributed by atoms with Gasteiger partial charge in [-0.05, 0) is 28.8 Å². The largest absolute Gasteiger partial charge is 0.467 e. The first-order valence-electron chi connectivity index (χ1n) is 9.31. The molecule has 0 aliphatic heterocycles. The molecular weight excluding hydrogens is 369 g/mol. The van der Waals surface area contributed by atoms with E-state index < -0.39 is 23.7 Å². The van der Waals surface area contributed by atoms with E-state index in [1.165, 1.54) is 19.2 Å². The maximum atomic E-state index is 13.5. The highest BCUT2D eigenvalue weighted by Crippen LogP contribution is 2.25. The highest BCUT2D eigenvalue weighted by Gasteiger charge is 2.28. The average molecular weight is 391 g/mol. The quantitative estimate of drug-likeness (QED) is 0.623. The van der Waals surface area contributed by atoms with Crippen molar-refractivity contribution in [2.45, 2.75) is 18.4 Å². The lowest BCUT2D eigenvalue weighted by molar-refractivity contribution is -0.145. The van der Waals surface area contributed by atoms with E-state index in [0.29, 0.717) is 5.56 Å². The number of carbonyl (C=O) groups is 2. The lowest BCUT2D eigenvalue weighted by Gasteiger charge is -2.22. The molecule has 0 fully saturated rings. The van der Waals surface area contributed by atoms with Gasteiger partial charge in [0, 0.05) is 6.42 Å². The summed E-state index contributed by atoms with van der Waals surface area (Å²) in [6.07, 6.45) is 0.131. The molecule has 0 bridgehead atoms. The minimum Gasteiger partial charge on any atom is -0.467 e. The zero-order valence-corrected chi connectivity index (χ0v) is 16.0. The summed E-state index contributed by atoms with van der Waals surface area (Å²) in [6, 6.07) is 23.7. The molecule has 0 aliphatic rings. The predicted octanol–water partition coefficient (Wildman–Crippen LogP) is 3.86. The van der Waals surface area contributed by atoms with Gasteiger partial charge in [0.2, 0.25) is 5.91 Å². The molecular formula is C24H22FNO3. The summed E-state index contributed by atoms with van der Waals surface area (Å²) < 4.78 is 18.4. The molecule has 29 heavy (non-hydrogen) atoms. The molecule has 5 heteroatoms. The van der Waals surface area contributed by atoms with Gasteiger partial charge in [0.05, 0.1) is 13.0 Å². The summed E-state index contributed by atoms with van der Waals surface area (Å²) in [4.78, 5) is 25.5. The van der Waals surface area contributed by atoms with E-state index in [-0.39, 0.29) is 12.3 Å². The third-order valence-corrected chi connectivity index (χ3v) is 4.66. The molecule has 148 valence electrons. The zero-order valence-electron chi connectivity index (χ0n) is 16.0. The minimum absolute atomic E-state index is 0.131. The van der Waals surface area contributed by atoms with Crippen molar-refractivity contribution in [1.29, 1.82) is 0 Å². The molecule has 3 rings (SSSR count). The maximum absolute atomic E-state index is 13.5. The number of esters is 1. The Morgan fingerprint density at radius 2 is 1.48 bits per heavy atom. The van der Waals surface area contributed by atoms with E-state index in [0.717, 1.165) is 11.1 Å². The van der Waals surface area contributed by atoms with Crippen LogP contribution in [0.4, 0.5) is 4.39 Å². The number of ether oxygens (including phenoxy) is 1. The van der Waals surface area contributed by atoms with E-state index >= 15 is 0 Å². The van der Waals surface area contributed by atoms with Gasteiger partial charge in [-0.2, -0.15) is 0 Å². The Balaban J connectivity index is 1.88. The van der Waals surface area contributed by atoms with Crippen molar-refractivity contribution < 1.29 is 18.7 Å². The van der Waals surface area contributed by atoms with Crippen LogP contribution in [0.25, 0.3) is 0 Å². The standard InChI is InChI=1S/C24H22FNO3/c1-29-24(28)21(16-17-9-8-14-20(25)15-17)26-23(27)22(18-10-4-2-5-11-18)19-12-6-3-7-13-19/h2-15,21-22H,16H2,1H3,(H,26,27)/t21-/m0/s1. The highest BCUT2D eigenvalue weighted by molar-refractivity contribution is 5.91. The van der Waals surface area contributed by atoms with Crippen LogP contribution in [0.1, 0.15) is 22.6 Å². The van der Waals surface area contributed by atoms with Crippen LogP contribution in [-0.4, -0.2) is 25.0 Å². The zero-order chi connectivity index (χ0) is 20.6. The van der Waals surface area contributed by atoms with Crippen molar-refractivity contribution in [3.8, 4) is 0 Å². The van der Waals surface area contributed by atoms with Crippen LogP contribution in [0, 0.1) is 5.82 Å². The monoisotopic (exact) mass is 391 g/mol. The number of nitrogens with one attached hydrogen (secondary N) is 1. The van der Waals surface area contributed by atoms with Crippen molar-refractivity contribution in [3.63, 3.8) is 0 Å². The Hall–Kier alpha value is -3.47. The molecule has 0 radical (unpaired) electrons. The Kier molecular flexibility index (Phi) is 6.74. The van der Waals surface area contributed by atoms with Crippen molar-refractivity contribution in [2.75, 3.05) is 7.11 Å². The van der Waals surface area contributed by atoms with Gasteiger partial charge in [-0.15, -0.1) is 0 Å². The van der Waals surface area contributed by atoms with Gasteiger partial charge in [0.1, 0.15) is 11.9 Å². The van der Waals surface area contributed by atoms with Crippen LogP contribution in [0.2, 0.25) is 0 Å².